The van der Waals surface area contributed by atoms with Crippen molar-refractivity contribution < 1.29 is 14.3 Å². The highest BCUT2D eigenvalue weighted by Crippen LogP contribution is 2.27. The predicted octanol–water partition coefficient (Wildman–Crippen LogP) is 2.23. The van der Waals surface area contributed by atoms with E-state index in [9.17, 15) is 9.59 Å². The van der Waals surface area contributed by atoms with Crippen molar-refractivity contribution in [3.63, 3.8) is 0 Å². The van der Waals surface area contributed by atoms with Gasteiger partial charge in [-0.1, -0.05) is 0 Å². The van der Waals surface area contributed by atoms with Crippen LogP contribution in [0.15, 0.2) is 18.2 Å². The Morgan fingerprint density at radius 1 is 1.32 bits per heavy atom. The van der Waals surface area contributed by atoms with E-state index in [0.717, 1.165) is 0 Å². The highest BCUT2D eigenvalue weighted by molar-refractivity contribution is 5.94. The van der Waals surface area contributed by atoms with Crippen LogP contribution in [0, 0.1) is 11.3 Å². The van der Waals surface area contributed by atoms with Crippen molar-refractivity contribution in [1.29, 1.82) is 5.26 Å². The van der Waals surface area contributed by atoms with Gasteiger partial charge >= 0.3 is 5.97 Å². The summed E-state index contributed by atoms with van der Waals surface area (Å²) < 4.78 is 4.66. The number of rotatable bonds is 3. The molecule has 0 aliphatic carbocycles. The summed E-state index contributed by atoms with van der Waals surface area (Å²) in [6, 6.07) is 6.95. The first-order valence-corrected chi connectivity index (χ1v) is 5.73. The van der Waals surface area contributed by atoms with E-state index in [4.69, 9.17) is 5.26 Å². The fourth-order valence-electron chi connectivity index (χ4n) is 1.56. The maximum absolute atomic E-state index is 11.6. The molecular weight excluding hydrogens is 244 g/mol. The summed E-state index contributed by atoms with van der Waals surface area (Å²) in [7, 11) is 1.28. The number of anilines is 1. The summed E-state index contributed by atoms with van der Waals surface area (Å²) >= 11 is 0. The molecule has 0 saturated heterocycles. The Bertz CT molecular complexity index is 556. The van der Waals surface area contributed by atoms with Crippen molar-refractivity contribution >= 4 is 17.6 Å². The maximum atomic E-state index is 11.6. The number of amides is 1. The molecule has 0 aromatic heterocycles. The van der Waals surface area contributed by atoms with Gasteiger partial charge in [0.25, 0.3) is 0 Å². The molecule has 0 spiro atoms. The van der Waals surface area contributed by atoms with Gasteiger partial charge in [0.2, 0.25) is 5.91 Å². The van der Waals surface area contributed by atoms with Crippen molar-refractivity contribution in [1.82, 2.24) is 0 Å². The zero-order valence-electron chi connectivity index (χ0n) is 11.4. The minimum absolute atomic E-state index is 0.247. The number of nitriles is 1. The van der Waals surface area contributed by atoms with Crippen LogP contribution >= 0.6 is 0 Å². The molecule has 0 heterocycles. The molecular formula is C14H16N2O3. The van der Waals surface area contributed by atoms with Crippen molar-refractivity contribution in [2.75, 3.05) is 12.4 Å². The molecule has 0 fully saturated rings. The van der Waals surface area contributed by atoms with Gasteiger partial charge in [-0.25, -0.2) is 4.79 Å². The van der Waals surface area contributed by atoms with Crippen LogP contribution < -0.4 is 5.32 Å². The lowest BCUT2D eigenvalue weighted by Gasteiger charge is -2.18. The first-order chi connectivity index (χ1) is 8.80. The van der Waals surface area contributed by atoms with E-state index in [1.54, 1.807) is 26.0 Å². The molecule has 0 unspecified atom stereocenters. The summed E-state index contributed by atoms with van der Waals surface area (Å²) in [4.78, 5) is 22.7. The average molecular weight is 260 g/mol. The highest BCUT2D eigenvalue weighted by atomic mass is 16.5. The second-order valence-corrected chi connectivity index (χ2v) is 4.71. The molecule has 0 atom stereocenters. The molecule has 0 bridgehead atoms. The number of esters is 1. The van der Waals surface area contributed by atoms with Gasteiger partial charge in [-0.3, -0.25) is 4.79 Å². The molecule has 5 nitrogen and oxygen atoms in total. The van der Waals surface area contributed by atoms with E-state index in [1.165, 1.54) is 20.1 Å². The summed E-state index contributed by atoms with van der Waals surface area (Å²) in [5, 5.41) is 11.8. The minimum atomic E-state index is -0.767. The number of nitrogens with one attached hydrogen (secondary N) is 1. The Kier molecular flexibility index (Phi) is 4.28. The fourth-order valence-corrected chi connectivity index (χ4v) is 1.56. The molecule has 1 aromatic carbocycles. The fraction of sp³-hybridized carbons (Fsp3) is 0.357. The molecule has 1 rings (SSSR count). The van der Waals surface area contributed by atoms with Gasteiger partial charge in [-0.05, 0) is 37.6 Å². The smallest absolute Gasteiger partial charge is 0.337 e. The number of carbonyl (C=O) groups is 2. The van der Waals surface area contributed by atoms with Gasteiger partial charge in [0.1, 0.15) is 0 Å². The van der Waals surface area contributed by atoms with Crippen LogP contribution in [0.3, 0.4) is 0 Å². The van der Waals surface area contributed by atoms with E-state index in [-0.39, 0.29) is 5.91 Å². The maximum Gasteiger partial charge on any atom is 0.337 e. The SMILES string of the molecule is COC(=O)c1cc(NC(C)=O)cc(C(C)(C)C#N)c1. The summed E-state index contributed by atoms with van der Waals surface area (Å²) in [5.41, 5.74) is 0.638. The van der Waals surface area contributed by atoms with Crippen LogP contribution in [0.4, 0.5) is 5.69 Å². The Balaban J connectivity index is 3.36. The number of carbonyl (C=O) groups excluding carboxylic acids is 2. The van der Waals surface area contributed by atoms with Gasteiger partial charge in [-0.15, -0.1) is 0 Å². The molecule has 1 N–H and O–H groups in total. The van der Waals surface area contributed by atoms with Crippen LogP contribution in [0.5, 0.6) is 0 Å². The van der Waals surface area contributed by atoms with E-state index in [0.29, 0.717) is 16.8 Å². The van der Waals surface area contributed by atoms with Gasteiger partial charge in [0.15, 0.2) is 0 Å². The Morgan fingerprint density at radius 3 is 2.42 bits per heavy atom. The Hall–Kier alpha value is -2.35. The normalized spacial score (nSPS) is 10.5. The zero-order valence-corrected chi connectivity index (χ0v) is 11.4. The van der Waals surface area contributed by atoms with Crippen molar-refractivity contribution in [3.05, 3.63) is 29.3 Å². The van der Waals surface area contributed by atoms with Crippen LogP contribution in [0.25, 0.3) is 0 Å². The molecule has 1 aromatic rings. The highest BCUT2D eigenvalue weighted by Gasteiger charge is 2.22. The standard InChI is InChI=1S/C14H16N2O3/c1-9(17)16-12-6-10(13(18)19-4)5-11(7-12)14(2,3)8-15/h5-7H,1-4H3,(H,16,17). The molecule has 100 valence electrons. The van der Waals surface area contributed by atoms with Crippen molar-refractivity contribution in [3.8, 4) is 6.07 Å². The van der Waals surface area contributed by atoms with Crippen LogP contribution in [0.2, 0.25) is 0 Å². The summed E-state index contributed by atoms with van der Waals surface area (Å²) in [5.74, 6) is -0.759. The van der Waals surface area contributed by atoms with Crippen LogP contribution in [0.1, 0.15) is 36.7 Å². The number of benzene rings is 1. The number of ether oxygens (including phenoxy) is 1. The lowest BCUT2D eigenvalue weighted by atomic mass is 9.85. The van der Waals surface area contributed by atoms with Gasteiger partial charge in [-0.2, -0.15) is 5.26 Å². The lowest BCUT2D eigenvalue weighted by molar-refractivity contribution is -0.114. The lowest BCUT2D eigenvalue weighted by Crippen LogP contribution is -2.17. The minimum Gasteiger partial charge on any atom is -0.465 e. The molecule has 1 amide bonds. The van der Waals surface area contributed by atoms with E-state index < -0.39 is 11.4 Å². The Labute approximate surface area is 112 Å². The molecule has 19 heavy (non-hydrogen) atoms. The first-order valence-electron chi connectivity index (χ1n) is 5.73. The van der Waals surface area contributed by atoms with E-state index >= 15 is 0 Å². The predicted molar refractivity (Wildman–Crippen MR) is 70.7 cm³/mol. The second kappa shape index (κ2) is 5.53. The van der Waals surface area contributed by atoms with Crippen LogP contribution in [-0.2, 0) is 14.9 Å². The molecule has 0 aliphatic heterocycles. The number of hydrogen-bond donors (Lipinski definition) is 1. The Morgan fingerprint density at radius 2 is 1.95 bits per heavy atom. The average Bonchev–Trinajstić information content (AvgIpc) is 2.36. The molecule has 0 radical (unpaired) electrons. The largest absolute Gasteiger partial charge is 0.465 e. The first kappa shape index (κ1) is 14.7. The third-order valence-corrected chi connectivity index (χ3v) is 2.68. The van der Waals surface area contributed by atoms with Gasteiger partial charge in [0, 0.05) is 12.6 Å². The summed E-state index contributed by atoms with van der Waals surface area (Å²) in [6.07, 6.45) is 0. The third-order valence-electron chi connectivity index (χ3n) is 2.68. The zero-order chi connectivity index (χ0) is 14.6. The molecule has 0 saturated carbocycles. The van der Waals surface area contributed by atoms with E-state index in [1.807, 2.05) is 0 Å². The monoisotopic (exact) mass is 260 g/mol. The molecule has 0 aliphatic rings. The van der Waals surface area contributed by atoms with Gasteiger partial charge in [0.05, 0.1) is 24.2 Å². The number of nitrogens with zero attached hydrogens (tertiary/aromatic N) is 1. The van der Waals surface area contributed by atoms with Crippen molar-refractivity contribution in [2.24, 2.45) is 0 Å². The number of hydrogen-bond acceptors (Lipinski definition) is 4. The van der Waals surface area contributed by atoms with Crippen LogP contribution in [-0.4, -0.2) is 19.0 Å². The summed E-state index contributed by atoms with van der Waals surface area (Å²) in [6.45, 7) is 4.85. The topological polar surface area (TPSA) is 79.2 Å². The molecule has 5 heteroatoms. The number of methoxy groups -OCH3 is 1. The second-order valence-electron chi connectivity index (χ2n) is 4.71. The van der Waals surface area contributed by atoms with Gasteiger partial charge < -0.3 is 10.1 Å². The quantitative estimate of drug-likeness (QED) is 0.845. The van der Waals surface area contributed by atoms with E-state index in [2.05, 4.69) is 16.1 Å². The van der Waals surface area contributed by atoms with Crippen molar-refractivity contribution in [2.45, 2.75) is 26.2 Å². The third kappa shape index (κ3) is 3.55.